The number of benzene rings is 1. The highest BCUT2D eigenvalue weighted by atomic mass is 19.4. The van der Waals surface area contributed by atoms with Crippen molar-refractivity contribution >= 4 is 11.8 Å². The molecule has 7 nitrogen and oxygen atoms in total. The van der Waals surface area contributed by atoms with E-state index in [1.807, 2.05) is 0 Å². The second kappa shape index (κ2) is 7.73. The quantitative estimate of drug-likeness (QED) is 0.715. The first kappa shape index (κ1) is 20.4. The molecule has 0 bridgehead atoms. The molecule has 1 aromatic heterocycles. The third-order valence-corrected chi connectivity index (χ3v) is 5.44. The average Bonchev–Trinajstić information content (AvgIpc) is 3.43. The number of rotatable bonds is 6. The summed E-state index contributed by atoms with van der Waals surface area (Å²) in [6, 6.07) is 4.76. The highest BCUT2D eigenvalue weighted by molar-refractivity contribution is 5.96. The molecule has 2 heterocycles. The van der Waals surface area contributed by atoms with E-state index in [-0.39, 0.29) is 36.4 Å². The highest BCUT2D eigenvalue weighted by Crippen LogP contribution is 2.34. The number of alkyl halides is 3. The first-order chi connectivity index (χ1) is 14.2. The Bertz CT molecular complexity index is 949. The Hall–Kier alpha value is -2.91. The maximum Gasteiger partial charge on any atom is 0.417 e. The van der Waals surface area contributed by atoms with Crippen molar-refractivity contribution in [3.05, 3.63) is 47.1 Å². The van der Waals surface area contributed by atoms with Crippen LogP contribution in [0.2, 0.25) is 0 Å². The van der Waals surface area contributed by atoms with Crippen LogP contribution in [0.3, 0.4) is 0 Å². The fraction of sp³-hybridized carbons (Fsp3) is 0.500. The number of aromatic nitrogens is 2. The molecule has 1 aliphatic heterocycles. The normalized spacial score (nSPS) is 17.0. The molecular formula is C20H21F3N4O3. The van der Waals surface area contributed by atoms with Crippen molar-refractivity contribution in [3.63, 3.8) is 0 Å². The molecule has 0 radical (unpaired) electrons. The summed E-state index contributed by atoms with van der Waals surface area (Å²) in [7, 11) is 1.75. The number of amides is 2. The van der Waals surface area contributed by atoms with Crippen LogP contribution in [-0.4, -0.2) is 58.4 Å². The van der Waals surface area contributed by atoms with E-state index in [1.165, 1.54) is 23.1 Å². The SMILES string of the molecule is CN(CCc1noc(C2CN(C(=O)c3ccccc3C(F)(F)F)C2)n1)C(=O)C1CC1. The Morgan fingerprint density at radius 2 is 1.93 bits per heavy atom. The molecule has 2 aromatic rings. The second-order valence-corrected chi connectivity index (χ2v) is 7.78. The predicted octanol–water partition coefficient (Wildman–Crippen LogP) is 2.74. The molecule has 1 saturated carbocycles. The molecule has 2 aliphatic rings. The molecule has 160 valence electrons. The van der Waals surface area contributed by atoms with Gasteiger partial charge < -0.3 is 14.3 Å². The van der Waals surface area contributed by atoms with Gasteiger partial charge >= 0.3 is 6.18 Å². The molecule has 1 aromatic carbocycles. The summed E-state index contributed by atoms with van der Waals surface area (Å²) in [4.78, 5) is 31.8. The number of hydrogen-bond donors (Lipinski definition) is 0. The number of carbonyl (C=O) groups is 2. The molecule has 1 saturated heterocycles. The minimum absolute atomic E-state index is 0.131. The van der Waals surface area contributed by atoms with Gasteiger partial charge in [-0.15, -0.1) is 0 Å². The molecule has 0 atom stereocenters. The van der Waals surface area contributed by atoms with Crippen LogP contribution in [0.5, 0.6) is 0 Å². The van der Waals surface area contributed by atoms with Crippen LogP contribution in [-0.2, 0) is 17.4 Å². The standard InChI is InChI=1S/C20H21F3N4O3/c1-26(18(28)12-6-7-12)9-8-16-24-17(30-25-16)13-10-27(11-13)19(29)14-4-2-3-5-15(14)20(21,22)23/h2-5,12-13H,6-11H2,1H3. The number of nitrogens with zero attached hydrogens (tertiary/aromatic N) is 4. The molecule has 10 heteroatoms. The summed E-state index contributed by atoms with van der Waals surface area (Å²) >= 11 is 0. The average molecular weight is 422 g/mol. The van der Waals surface area contributed by atoms with E-state index in [9.17, 15) is 22.8 Å². The van der Waals surface area contributed by atoms with Crippen molar-refractivity contribution in [2.45, 2.75) is 31.4 Å². The van der Waals surface area contributed by atoms with Crippen LogP contribution in [0, 0.1) is 5.92 Å². The monoisotopic (exact) mass is 422 g/mol. The molecule has 0 unspecified atom stereocenters. The van der Waals surface area contributed by atoms with Crippen molar-refractivity contribution in [1.82, 2.24) is 19.9 Å². The fourth-order valence-electron chi connectivity index (χ4n) is 3.44. The van der Waals surface area contributed by atoms with Crippen molar-refractivity contribution in [3.8, 4) is 0 Å². The van der Waals surface area contributed by atoms with E-state index in [1.54, 1.807) is 11.9 Å². The van der Waals surface area contributed by atoms with Gasteiger partial charge in [0.2, 0.25) is 11.8 Å². The number of hydrogen-bond acceptors (Lipinski definition) is 5. The van der Waals surface area contributed by atoms with Crippen molar-refractivity contribution in [2.75, 3.05) is 26.7 Å². The third kappa shape index (κ3) is 4.17. The van der Waals surface area contributed by atoms with Crippen LogP contribution in [0.15, 0.2) is 28.8 Å². The van der Waals surface area contributed by atoms with Crippen LogP contribution in [0.1, 0.15) is 46.4 Å². The van der Waals surface area contributed by atoms with E-state index in [2.05, 4.69) is 10.1 Å². The molecule has 0 N–H and O–H groups in total. The van der Waals surface area contributed by atoms with Gasteiger partial charge in [-0.1, -0.05) is 17.3 Å². The largest absolute Gasteiger partial charge is 0.417 e. The minimum atomic E-state index is -4.59. The first-order valence-corrected chi connectivity index (χ1v) is 9.77. The second-order valence-electron chi connectivity index (χ2n) is 7.78. The van der Waals surface area contributed by atoms with Gasteiger partial charge in [-0.05, 0) is 25.0 Å². The number of carbonyl (C=O) groups excluding carboxylic acids is 2. The zero-order valence-electron chi connectivity index (χ0n) is 16.4. The van der Waals surface area contributed by atoms with Gasteiger partial charge in [0.15, 0.2) is 5.82 Å². The lowest BCUT2D eigenvalue weighted by Crippen LogP contribution is -2.49. The summed E-state index contributed by atoms with van der Waals surface area (Å²) in [5.41, 5.74) is -1.30. The molecule has 1 aliphatic carbocycles. The summed E-state index contributed by atoms with van der Waals surface area (Å²) < 4.78 is 44.7. The Balaban J connectivity index is 1.32. The van der Waals surface area contributed by atoms with Crippen molar-refractivity contribution in [1.29, 1.82) is 0 Å². The topological polar surface area (TPSA) is 79.5 Å². The fourth-order valence-corrected chi connectivity index (χ4v) is 3.44. The number of halogens is 3. The van der Waals surface area contributed by atoms with Gasteiger partial charge in [0.05, 0.1) is 17.0 Å². The van der Waals surface area contributed by atoms with Gasteiger partial charge in [0, 0.05) is 39.0 Å². The molecule has 0 spiro atoms. The van der Waals surface area contributed by atoms with E-state index in [0.29, 0.717) is 24.7 Å². The van der Waals surface area contributed by atoms with Gasteiger partial charge in [0.25, 0.3) is 5.91 Å². The maximum atomic E-state index is 13.1. The minimum Gasteiger partial charge on any atom is -0.345 e. The summed E-state index contributed by atoms with van der Waals surface area (Å²) in [6.07, 6.45) is -2.25. The van der Waals surface area contributed by atoms with E-state index >= 15 is 0 Å². The van der Waals surface area contributed by atoms with Crippen LogP contribution >= 0.6 is 0 Å². The van der Waals surface area contributed by atoms with Gasteiger partial charge in [-0.2, -0.15) is 18.2 Å². The Labute approximate surface area is 170 Å². The van der Waals surface area contributed by atoms with Crippen LogP contribution in [0.4, 0.5) is 13.2 Å². The van der Waals surface area contributed by atoms with Gasteiger partial charge in [0.1, 0.15) is 0 Å². The zero-order valence-corrected chi connectivity index (χ0v) is 16.4. The van der Waals surface area contributed by atoms with Crippen molar-refractivity contribution in [2.24, 2.45) is 5.92 Å². The van der Waals surface area contributed by atoms with E-state index < -0.39 is 17.6 Å². The Morgan fingerprint density at radius 3 is 2.60 bits per heavy atom. The number of likely N-dealkylation sites (tertiary alicyclic amines) is 1. The molecule has 4 rings (SSSR count). The van der Waals surface area contributed by atoms with Crippen molar-refractivity contribution < 1.29 is 27.3 Å². The Kier molecular flexibility index (Phi) is 5.25. The zero-order chi connectivity index (χ0) is 21.5. The number of likely N-dealkylation sites (N-methyl/N-ethyl adjacent to an activating group) is 1. The van der Waals surface area contributed by atoms with Crippen LogP contribution < -0.4 is 0 Å². The van der Waals surface area contributed by atoms with Crippen LogP contribution in [0.25, 0.3) is 0 Å². The van der Waals surface area contributed by atoms with Gasteiger partial charge in [-0.25, -0.2) is 0 Å². The molecule has 30 heavy (non-hydrogen) atoms. The lowest BCUT2D eigenvalue weighted by molar-refractivity contribution is -0.138. The van der Waals surface area contributed by atoms with E-state index in [0.717, 1.165) is 18.9 Å². The van der Waals surface area contributed by atoms with E-state index in [4.69, 9.17) is 4.52 Å². The molecule has 2 fully saturated rings. The summed E-state index contributed by atoms with van der Waals surface area (Å²) in [5, 5.41) is 3.91. The Morgan fingerprint density at radius 1 is 1.23 bits per heavy atom. The lowest BCUT2D eigenvalue weighted by Gasteiger charge is -2.37. The lowest BCUT2D eigenvalue weighted by atomic mass is 9.97. The molecular weight excluding hydrogens is 401 g/mol. The smallest absolute Gasteiger partial charge is 0.345 e. The summed E-state index contributed by atoms with van der Waals surface area (Å²) in [5.74, 6) is 0.225. The third-order valence-electron chi connectivity index (χ3n) is 5.44. The maximum absolute atomic E-state index is 13.1. The predicted molar refractivity (Wildman–Crippen MR) is 98.5 cm³/mol. The highest BCUT2D eigenvalue weighted by Gasteiger charge is 2.40. The molecule has 2 amide bonds. The first-order valence-electron chi connectivity index (χ1n) is 9.77. The summed E-state index contributed by atoms with van der Waals surface area (Å²) in [6.45, 7) is 0.914. The van der Waals surface area contributed by atoms with Gasteiger partial charge in [-0.3, -0.25) is 9.59 Å².